The fourth-order valence-corrected chi connectivity index (χ4v) is 7.16. The van der Waals surface area contributed by atoms with Crippen LogP contribution in [-0.4, -0.2) is 38.7 Å². The van der Waals surface area contributed by atoms with Crippen molar-refractivity contribution in [2.75, 3.05) is 14.2 Å². The van der Waals surface area contributed by atoms with E-state index < -0.39 is 77.1 Å². The minimum atomic E-state index is -2.35. The maximum atomic E-state index is 15.1. The summed E-state index contributed by atoms with van der Waals surface area (Å²) in [5.74, 6) is -12.7. The summed E-state index contributed by atoms with van der Waals surface area (Å²) in [5.41, 5.74) is -1.84. The molecule has 5 aromatic rings. The highest BCUT2D eigenvalue weighted by Gasteiger charge is 2.63. The van der Waals surface area contributed by atoms with Crippen molar-refractivity contribution in [2.24, 2.45) is 0 Å². The third kappa shape index (κ3) is 5.98. The fraction of sp³-hybridized carbons (Fsp3) is 0.200. The van der Waals surface area contributed by atoms with E-state index in [0.29, 0.717) is 22.3 Å². The first-order valence-electron chi connectivity index (χ1n) is 16.1. The van der Waals surface area contributed by atoms with E-state index in [1.165, 1.54) is 14.2 Å². The van der Waals surface area contributed by atoms with Crippen LogP contribution in [-0.2, 0) is 30.0 Å². The second kappa shape index (κ2) is 14.9. The first kappa shape index (κ1) is 36.2. The van der Waals surface area contributed by atoms with E-state index in [9.17, 15) is 18.3 Å². The monoisotopic (exact) mass is 700 g/mol. The zero-order valence-corrected chi connectivity index (χ0v) is 27.7. The second-order valence-electron chi connectivity index (χ2n) is 12.1. The SMILES string of the molecule is C=C[C@@H](B1O[C@@H](C(OC)(c2ccccc2)c2ccccc2)[C@H](C(OC)(c2ccccc2)c2ccccc2)O1)[C@H](O)c1c(F)c(F)c(F)c(F)c1F. The molecule has 0 bridgehead atoms. The minimum Gasteiger partial charge on any atom is -0.401 e. The molecule has 1 aliphatic rings. The smallest absolute Gasteiger partial charge is 0.401 e. The van der Waals surface area contributed by atoms with E-state index in [4.69, 9.17) is 18.8 Å². The number of methoxy groups -OCH3 is 2. The van der Waals surface area contributed by atoms with Gasteiger partial charge in [-0.2, -0.15) is 0 Å². The number of aliphatic hydroxyl groups excluding tert-OH is 1. The molecular weight excluding hydrogens is 666 g/mol. The quantitative estimate of drug-likeness (QED) is 0.0466. The van der Waals surface area contributed by atoms with Gasteiger partial charge < -0.3 is 23.9 Å². The van der Waals surface area contributed by atoms with Gasteiger partial charge in [0.05, 0.1) is 11.7 Å². The van der Waals surface area contributed by atoms with Gasteiger partial charge in [0, 0.05) is 20.0 Å². The van der Waals surface area contributed by atoms with Crippen molar-refractivity contribution in [2.45, 2.75) is 35.3 Å². The lowest BCUT2D eigenvalue weighted by atomic mass is 9.67. The zero-order valence-electron chi connectivity index (χ0n) is 27.7. The van der Waals surface area contributed by atoms with Gasteiger partial charge in [-0.25, -0.2) is 22.0 Å². The highest BCUT2D eigenvalue weighted by atomic mass is 19.2. The molecule has 5 aromatic carbocycles. The van der Waals surface area contributed by atoms with E-state index in [0.717, 1.165) is 6.08 Å². The van der Waals surface area contributed by atoms with Crippen LogP contribution in [0, 0.1) is 29.1 Å². The Morgan fingerprint density at radius 2 is 0.882 bits per heavy atom. The minimum absolute atomic E-state index is 0.638. The molecule has 51 heavy (non-hydrogen) atoms. The summed E-state index contributed by atoms with van der Waals surface area (Å²) < 4.78 is 99.7. The maximum absolute atomic E-state index is 15.1. The number of hydrogen-bond acceptors (Lipinski definition) is 5. The van der Waals surface area contributed by atoms with Crippen LogP contribution in [0.15, 0.2) is 134 Å². The Morgan fingerprint density at radius 1 is 0.588 bits per heavy atom. The van der Waals surface area contributed by atoms with Crippen molar-refractivity contribution in [1.82, 2.24) is 0 Å². The van der Waals surface area contributed by atoms with Crippen LogP contribution in [0.1, 0.15) is 33.9 Å². The summed E-state index contributed by atoms with van der Waals surface area (Å²) >= 11 is 0. The van der Waals surface area contributed by atoms with Crippen LogP contribution in [0.3, 0.4) is 0 Å². The van der Waals surface area contributed by atoms with Crippen molar-refractivity contribution < 1.29 is 45.8 Å². The standard InChI is InChI=1S/C40H34BF5O5/c1-4-29(36(47)30-31(42)33(44)35(46)34(45)32(30)43)41-50-37(39(48-2,25-17-9-5-10-18-25)26-19-11-6-12-20-26)38(51-41)40(49-3,27-21-13-7-14-22-27)28-23-15-8-16-24-28/h4-24,29,36-38,47H,1H2,2-3H3/t29-,36+,37-,38-/m1/s1. The molecule has 1 fully saturated rings. The van der Waals surface area contributed by atoms with Gasteiger partial charge in [-0.3, -0.25) is 0 Å². The third-order valence-corrected chi connectivity index (χ3v) is 9.58. The molecule has 11 heteroatoms. The average molecular weight is 701 g/mol. The lowest BCUT2D eigenvalue weighted by molar-refractivity contribution is -0.136. The molecule has 0 aromatic heterocycles. The fourth-order valence-electron chi connectivity index (χ4n) is 7.16. The Hall–Kier alpha value is -4.65. The van der Waals surface area contributed by atoms with Gasteiger partial charge >= 0.3 is 7.12 Å². The molecule has 1 heterocycles. The molecule has 0 aliphatic carbocycles. The molecule has 4 atom stereocenters. The van der Waals surface area contributed by atoms with E-state index in [1.807, 2.05) is 121 Å². The van der Waals surface area contributed by atoms with Crippen molar-refractivity contribution in [3.8, 4) is 0 Å². The summed E-state index contributed by atoms with van der Waals surface area (Å²) in [6.45, 7) is 3.73. The van der Waals surface area contributed by atoms with Crippen molar-refractivity contribution >= 4 is 7.12 Å². The molecule has 1 saturated heterocycles. The van der Waals surface area contributed by atoms with Crippen LogP contribution in [0.25, 0.3) is 0 Å². The van der Waals surface area contributed by atoms with Gasteiger partial charge in [0.2, 0.25) is 5.82 Å². The van der Waals surface area contributed by atoms with Crippen molar-refractivity contribution in [1.29, 1.82) is 0 Å². The number of rotatable bonds is 12. The number of aliphatic hydroxyl groups is 1. The number of benzene rings is 5. The van der Waals surface area contributed by atoms with Crippen molar-refractivity contribution in [3.05, 3.63) is 191 Å². The molecule has 262 valence electrons. The molecule has 0 spiro atoms. The predicted octanol–water partition coefficient (Wildman–Crippen LogP) is 8.42. The summed E-state index contributed by atoms with van der Waals surface area (Å²) in [7, 11) is 1.41. The Kier molecular flexibility index (Phi) is 10.6. The lowest BCUT2D eigenvalue weighted by Crippen LogP contribution is -2.56. The molecule has 6 rings (SSSR count). The average Bonchev–Trinajstić information content (AvgIpc) is 3.61. The highest BCUT2D eigenvalue weighted by molar-refractivity contribution is 6.48. The maximum Gasteiger partial charge on any atom is 0.468 e. The third-order valence-electron chi connectivity index (χ3n) is 9.58. The predicted molar refractivity (Wildman–Crippen MR) is 182 cm³/mol. The van der Waals surface area contributed by atoms with Gasteiger partial charge in [0.1, 0.15) is 23.4 Å². The molecule has 0 unspecified atom stereocenters. The topological polar surface area (TPSA) is 57.2 Å². The highest BCUT2D eigenvalue weighted by Crippen LogP contribution is 2.52. The summed E-state index contributed by atoms with van der Waals surface area (Å²) in [6.07, 6.45) is -3.62. The van der Waals surface area contributed by atoms with Crippen LogP contribution in [0.4, 0.5) is 22.0 Å². The van der Waals surface area contributed by atoms with Gasteiger partial charge in [-0.05, 0) is 22.3 Å². The summed E-state index contributed by atoms with van der Waals surface area (Å²) in [6, 6.07) is 36.7. The molecule has 0 amide bonds. The zero-order chi connectivity index (χ0) is 36.3. The Bertz CT molecular complexity index is 1750. The molecular formula is C40H34BF5O5. The lowest BCUT2D eigenvalue weighted by Gasteiger charge is -2.47. The van der Waals surface area contributed by atoms with Gasteiger partial charge in [-0.1, -0.05) is 127 Å². The van der Waals surface area contributed by atoms with Crippen molar-refractivity contribution in [3.63, 3.8) is 0 Å². The van der Waals surface area contributed by atoms with E-state index >= 15 is 8.78 Å². The Morgan fingerprint density at radius 3 is 1.16 bits per heavy atom. The van der Waals surface area contributed by atoms with Gasteiger partial charge in [0.15, 0.2) is 23.3 Å². The molecule has 1 aliphatic heterocycles. The van der Waals surface area contributed by atoms with E-state index in [2.05, 4.69) is 6.58 Å². The molecule has 1 N–H and O–H groups in total. The van der Waals surface area contributed by atoms with Crippen LogP contribution < -0.4 is 0 Å². The molecule has 0 radical (unpaired) electrons. The Labute approximate surface area is 293 Å². The number of halogens is 5. The summed E-state index contributed by atoms with van der Waals surface area (Å²) in [4.78, 5) is 0. The summed E-state index contributed by atoms with van der Waals surface area (Å²) in [5, 5.41) is 11.5. The Balaban J connectivity index is 1.62. The second-order valence-corrected chi connectivity index (χ2v) is 12.1. The van der Waals surface area contributed by atoms with Crippen LogP contribution in [0.5, 0.6) is 0 Å². The first-order valence-corrected chi connectivity index (χ1v) is 16.1. The van der Waals surface area contributed by atoms with E-state index in [-0.39, 0.29) is 0 Å². The number of ether oxygens (including phenoxy) is 2. The van der Waals surface area contributed by atoms with Gasteiger partial charge in [0.25, 0.3) is 0 Å². The first-order chi connectivity index (χ1) is 24.7. The number of hydrogen-bond donors (Lipinski definition) is 1. The normalized spacial score (nSPS) is 17.7. The van der Waals surface area contributed by atoms with Gasteiger partial charge in [-0.15, -0.1) is 6.58 Å². The van der Waals surface area contributed by atoms with Crippen LogP contribution in [0.2, 0.25) is 5.82 Å². The largest absolute Gasteiger partial charge is 0.468 e. The molecule has 0 saturated carbocycles. The van der Waals surface area contributed by atoms with Crippen LogP contribution >= 0.6 is 0 Å². The molecule has 5 nitrogen and oxygen atoms in total. The van der Waals surface area contributed by atoms with E-state index in [1.54, 1.807) is 0 Å².